The summed E-state index contributed by atoms with van der Waals surface area (Å²) in [6.07, 6.45) is -1.45. The van der Waals surface area contributed by atoms with Crippen LogP contribution in [0.15, 0.2) is 47.4 Å². The van der Waals surface area contributed by atoms with E-state index in [1.165, 1.54) is 24.4 Å². The van der Waals surface area contributed by atoms with Gasteiger partial charge >= 0.3 is 12.3 Å². The molecule has 40 heavy (non-hydrogen) atoms. The van der Waals surface area contributed by atoms with Crippen molar-refractivity contribution in [2.75, 3.05) is 19.0 Å². The highest BCUT2D eigenvalue weighted by Gasteiger charge is 2.29. The minimum absolute atomic E-state index is 0.0417. The molecule has 2 heterocycles. The highest BCUT2D eigenvalue weighted by atomic mass is 19.4. The van der Waals surface area contributed by atoms with Crippen molar-refractivity contribution in [1.29, 1.82) is 0 Å². The van der Waals surface area contributed by atoms with Gasteiger partial charge in [-0.05, 0) is 37.1 Å². The second-order valence-electron chi connectivity index (χ2n) is 8.30. The number of aromatic amines is 1. The number of anilines is 1. The lowest BCUT2D eigenvalue weighted by molar-refractivity contribution is -0.153. The van der Waals surface area contributed by atoms with Crippen molar-refractivity contribution in [2.45, 2.75) is 31.6 Å². The zero-order valence-corrected chi connectivity index (χ0v) is 20.9. The summed E-state index contributed by atoms with van der Waals surface area (Å²) in [4.78, 5) is 55.3. The number of allylic oxidation sites excluding steroid dienone is 1. The lowest BCUT2D eigenvalue weighted by Gasteiger charge is -2.17. The van der Waals surface area contributed by atoms with E-state index in [1.54, 1.807) is 0 Å². The first-order valence-corrected chi connectivity index (χ1v) is 11.5. The van der Waals surface area contributed by atoms with E-state index in [0.29, 0.717) is 0 Å². The molecule has 0 bridgehead atoms. The number of carbonyl (C=O) groups is 3. The van der Waals surface area contributed by atoms with Crippen molar-refractivity contribution in [2.24, 2.45) is 5.73 Å². The number of primary amides is 1. The predicted octanol–water partition coefficient (Wildman–Crippen LogP) is 2.34. The number of rotatable bonds is 11. The number of hydrogen-bond acceptors (Lipinski definition) is 7. The summed E-state index contributed by atoms with van der Waals surface area (Å²) < 4.78 is 62.0. The number of nitrogens with zero attached hydrogens (tertiary/aromatic N) is 2. The third-order valence-corrected chi connectivity index (χ3v) is 5.25. The molecule has 1 atom stereocenters. The molecule has 0 aliphatic heterocycles. The second kappa shape index (κ2) is 12.8. The summed E-state index contributed by atoms with van der Waals surface area (Å²) in [6.45, 7) is -1.87. The molecular weight excluding hydrogens is 544 g/mol. The number of fused-ring (bicyclic) bond motifs is 1. The topological polar surface area (TPSA) is 170 Å². The van der Waals surface area contributed by atoms with Gasteiger partial charge < -0.3 is 35.4 Å². The van der Waals surface area contributed by atoms with Gasteiger partial charge in [0.1, 0.15) is 28.9 Å². The van der Waals surface area contributed by atoms with Gasteiger partial charge in [-0.15, -0.1) is 0 Å². The zero-order chi connectivity index (χ0) is 29.4. The number of alkyl carbamates (subject to hydrolysis) is 1. The van der Waals surface area contributed by atoms with Gasteiger partial charge in [-0.25, -0.2) is 14.2 Å². The number of ether oxygens (including phenoxy) is 2. The predicted molar refractivity (Wildman–Crippen MR) is 133 cm³/mol. The molecule has 1 unspecified atom stereocenters. The number of alkyl halides is 3. The summed E-state index contributed by atoms with van der Waals surface area (Å²) in [6, 6.07) is 3.40. The fraction of sp³-hybridized carbons (Fsp3) is 0.292. The smallest absolute Gasteiger partial charge is 0.422 e. The van der Waals surface area contributed by atoms with E-state index in [4.69, 9.17) is 5.73 Å². The second-order valence-corrected chi connectivity index (χ2v) is 8.30. The summed E-state index contributed by atoms with van der Waals surface area (Å²) >= 11 is 0. The van der Waals surface area contributed by atoms with Gasteiger partial charge in [0, 0.05) is 12.3 Å². The Bertz CT molecular complexity index is 1480. The van der Waals surface area contributed by atoms with Crippen LogP contribution in [-0.4, -0.2) is 58.4 Å². The zero-order valence-electron chi connectivity index (χ0n) is 20.9. The highest BCUT2D eigenvalue weighted by molar-refractivity contribution is 5.96. The summed E-state index contributed by atoms with van der Waals surface area (Å²) in [5.74, 6) is -2.64. The quantitative estimate of drug-likeness (QED) is 0.203. The maximum atomic E-state index is 13.9. The normalized spacial score (nSPS) is 12.3. The molecular formula is C24H24F4N6O6. The maximum absolute atomic E-state index is 13.9. The monoisotopic (exact) mass is 568 g/mol. The van der Waals surface area contributed by atoms with E-state index in [-0.39, 0.29) is 41.9 Å². The van der Waals surface area contributed by atoms with Gasteiger partial charge in [-0.1, -0.05) is 6.08 Å². The Hall–Kier alpha value is -4.89. The minimum Gasteiger partial charge on any atom is -0.482 e. The van der Waals surface area contributed by atoms with Gasteiger partial charge in [-0.2, -0.15) is 13.2 Å². The SMILES string of the molecule is COC(=O)NC(CC/C=C/C(N)=O)C(=O)Nc1cccn(Cc2nc3c(OCC(F)(F)F)cc(F)cc3[nH]2)c1=O. The van der Waals surface area contributed by atoms with Crippen molar-refractivity contribution >= 4 is 34.6 Å². The highest BCUT2D eigenvalue weighted by Crippen LogP contribution is 2.27. The summed E-state index contributed by atoms with van der Waals surface area (Å²) in [7, 11) is 1.10. The molecule has 0 saturated carbocycles. The van der Waals surface area contributed by atoms with Crippen molar-refractivity contribution in [1.82, 2.24) is 19.9 Å². The number of H-pyrrole nitrogens is 1. The molecule has 3 aromatic rings. The number of imidazole rings is 1. The molecule has 12 nitrogen and oxygen atoms in total. The fourth-order valence-corrected chi connectivity index (χ4v) is 3.52. The molecule has 5 N–H and O–H groups in total. The molecule has 2 aromatic heterocycles. The third-order valence-electron chi connectivity index (χ3n) is 5.25. The first-order chi connectivity index (χ1) is 18.9. The van der Waals surface area contributed by atoms with E-state index < -0.39 is 53.9 Å². The van der Waals surface area contributed by atoms with Gasteiger partial charge in [0.15, 0.2) is 12.4 Å². The Morgan fingerprint density at radius 1 is 1.27 bits per heavy atom. The average molecular weight is 568 g/mol. The van der Waals surface area contributed by atoms with Crippen LogP contribution in [0.3, 0.4) is 0 Å². The Balaban J connectivity index is 1.80. The van der Waals surface area contributed by atoms with Crippen LogP contribution in [0, 0.1) is 5.82 Å². The molecule has 0 saturated heterocycles. The third kappa shape index (κ3) is 8.31. The Kier molecular flexibility index (Phi) is 9.47. The van der Waals surface area contributed by atoms with Crippen LogP contribution in [-0.2, 0) is 20.9 Å². The van der Waals surface area contributed by atoms with E-state index in [2.05, 4.69) is 30.1 Å². The molecule has 16 heteroatoms. The lowest BCUT2D eigenvalue weighted by atomic mass is 10.1. The lowest BCUT2D eigenvalue weighted by Crippen LogP contribution is -2.44. The minimum atomic E-state index is -4.65. The molecule has 214 valence electrons. The summed E-state index contributed by atoms with van der Waals surface area (Å²) in [5.41, 5.74) is 4.16. The van der Waals surface area contributed by atoms with Crippen LogP contribution in [0.2, 0.25) is 0 Å². The van der Waals surface area contributed by atoms with E-state index in [9.17, 15) is 36.7 Å². The van der Waals surface area contributed by atoms with Crippen LogP contribution in [0.25, 0.3) is 11.0 Å². The number of hydrogen-bond donors (Lipinski definition) is 4. The number of aromatic nitrogens is 3. The van der Waals surface area contributed by atoms with Gasteiger partial charge in [0.2, 0.25) is 11.8 Å². The van der Waals surface area contributed by atoms with Gasteiger partial charge in [0.05, 0.1) is 19.2 Å². The fourth-order valence-electron chi connectivity index (χ4n) is 3.52. The number of benzene rings is 1. The van der Waals surface area contributed by atoms with Crippen LogP contribution in [0.4, 0.5) is 28.0 Å². The Morgan fingerprint density at radius 3 is 2.70 bits per heavy atom. The van der Waals surface area contributed by atoms with Gasteiger partial charge in [-0.3, -0.25) is 14.4 Å². The first kappa shape index (κ1) is 29.7. The number of carbonyl (C=O) groups excluding carboxylic acids is 3. The molecule has 1 aromatic carbocycles. The van der Waals surface area contributed by atoms with Crippen molar-refractivity contribution < 1.29 is 41.4 Å². The molecule has 0 fully saturated rings. The van der Waals surface area contributed by atoms with Gasteiger partial charge in [0.25, 0.3) is 5.56 Å². The van der Waals surface area contributed by atoms with E-state index in [1.807, 2.05) is 0 Å². The standard InChI is InChI=1S/C24H24F4N6O6/c1-39-23(38)32-14(5-2-3-7-18(29)35)21(36)31-15-6-4-8-34(22(15)37)11-19-30-16-9-13(25)10-17(20(16)33-19)40-12-24(26,27)28/h3-4,6-10,14H,2,5,11-12H2,1H3,(H2,29,35)(H,30,33)(H,31,36)(H,32,38)/b7-3+. The molecule has 0 spiro atoms. The molecule has 3 rings (SSSR count). The van der Waals surface area contributed by atoms with Crippen molar-refractivity contribution in [3.05, 3.63) is 64.6 Å². The molecule has 0 aliphatic rings. The molecule has 3 amide bonds. The average Bonchev–Trinajstić information content (AvgIpc) is 3.28. The first-order valence-electron chi connectivity index (χ1n) is 11.5. The van der Waals surface area contributed by atoms with Crippen LogP contribution >= 0.6 is 0 Å². The summed E-state index contributed by atoms with van der Waals surface area (Å²) in [5, 5.41) is 4.76. The van der Waals surface area contributed by atoms with Crippen LogP contribution < -0.4 is 26.7 Å². The number of amides is 3. The Morgan fingerprint density at radius 2 is 2.02 bits per heavy atom. The molecule has 0 radical (unpaired) electrons. The number of nitrogens with one attached hydrogen (secondary N) is 3. The number of nitrogens with two attached hydrogens (primary N) is 1. The van der Waals surface area contributed by atoms with Crippen molar-refractivity contribution in [3.63, 3.8) is 0 Å². The van der Waals surface area contributed by atoms with Crippen molar-refractivity contribution in [3.8, 4) is 5.75 Å². The molecule has 0 aliphatic carbocycles. The Labute approximate surface area is 223 Å². The van der Waals surface area contributed by atoms with Crippen LogP contribution in [0.5, 0.6) is 5.75 Å². The van der Waals surface area contributed by atoms with E-state index in [0.717, 1.165) is 29.9 Å². The number of halogens is 4. The van der Waals surface area contributed by atoms with E-state index >= 15 is 0 Å². The maximum Gasteiger partial charge on any atom is 0.422 e. The number of pyridine rings is 1. The largest absolute Gasteiger partial charge is 0.482 e. The van der Waals surface area contributed by atoms with Crippen LogP contribution in [0.1, 0.15) is 18.7 Å². The number of methoxy groups -OCH3 is 1.